The van der Waals surface area contributed by atoms with E-state index in [1.54, 1.807) is 7.11 Å². The molecule has 1 aromatic rings. The largest absolute Gasteiger partial charge is 0.496 e. The second kappa shape index (κ2) is 4.44. The highest BCUT2D eigenvalue weighted by molar-refractivity contribution is 9.10. The summed E-state index contributed by atoms with van der Waals surface area (Å²) in [5, 5.41) is 0. The van der Waals surface area contributed by atoms with Crippen LogP contribution in [0.15, 0.2) is 16.6 Å². The molecule has 1 aliphatic carbocycles. The van der Waals surface area contributed by atoms with Crippen molar-refractivity contribution in [2.75, 3.05) is 12.8 Å². The van der Waals surface area contributed by atoms with E-state index >= 15 is 0 Å². The van der Waals surface area contributed by atoms with E-state index in [-0.39, 0.29) is 0 Å². The van der Waals surface area contributed by atoms with Gasteiger partial charge in [-0.3, -0.25) is 0 Å². The molecular formula is C12H16BrNO. The van der Waals surface area contributed by atoms with Gasteiger partial charge in [0.2, 0.25) is 0 Å². The zero-order chi connectivity index (χ0) is 10.8. The van der Waals surface area contributed by atoms with Crippen LogP contribution in [0.5, 0.6) is 5.75 Å². The Morgan fingerprint density at radius 1 is 1.33 bits per heavy atom. The fraction of sp³-hybridized carbons (Fsp3) is 0.500. The molecule has 82 valence electrons. The fourth-order valence-electron chi connectivity index (χ4n) is 2.32. The van der Waals surface area contributed by atoms with Crippen LogP contribution in [0.3, 0.4) is 0 Å². The Bertz CT molecular complexity index is 359. The van der Waals surface area contributed by atoms with Crippen molar-refractivity contribution in [1.82, 2.24) is 0 Å². The van der Waals surface area contributed by atoms with Gasteiger partial charge in [0.15, 0.2) is 0 Å². The minimum Gasteiger partial charge on any atom is -0.496 e. The normalized spacial score (nSPS) is 16.9. The van der Waals surface area contributed by atoms with Crippen LogP contribution in [0.25, 0.3) is 0 Å². The molecule has 2 N–H and O–H groups in total. The van der Waals surface area contributed by atoms with Gasteiger partial charge in [-0.15, -0.1) is 0 Å². The van der Waals surface area contributed by atoms with Gasteiger partial charge in [-0.05, 0) is 46.3 Å². The minimum absolute atomic E-state index is 0.650. The molecule has 0 unspecified atom stereocenters. The molecule has 1 aromatic carbocycles. The van der Waals surface area contributed by atoms with E-state index < -0.39 is 0 Å². The van der Waals surface area contributed by atoms with E-state index in [1.807, 2.05) is 6.07 Å². The predicted octanol–water partition coefficient (Wildman–Crippen LogP) is 3.70. The van der Waals surface area contributed by atoms with Crippen LogP contribution < -0.4 is 10.5 Å². The van der Waals surface area contributed by atoms with E-state index in [0.29, 0.717) is 5.92 Å². The molecule has 0 saturated heterocycles. The highest BCUT2D eigenvalue weighted by Gasteiger charge is 2.21. The maximum atomic E-state index is 5.84. The lowest BCUT2D eigenvalue weighted by molar-refractivity contribution is 0.405. The first-order valence-electron chi connectivity index (χ1n) is 5.35. The van der Waals surface area contributed by atoms with E-state index in [1.165, 1.54) is 31.2 Å². The standard InChI is InChI=1S/C12H16BrNO/c1-15-12-7-11(14)10(13)6-9(12)8-4-2-3-5-8/h6-8H,2-5,14H2,1H3. The zero-order valence-electron chi connectivity index (χ0n) is 8.92. The molecule has 1 fully saturated rings. The molecule has 2 rings (SSSR count). The fourth-order valence-corrected chi connectivity index (χ4v) is 2.68. The lowest BCUT2D eigenvalue weighted by Gasteiger charge is -2.15. The zero-order valence-corrected chi connectivity index (χ0v) is 10.5. The van der Waals surface area contributed by atoms with Gasteiger partial charge in [0.1, 0.15) is 5.75 Å². The van der Waals surface area contributed by atoms with Crippen molar-refractivity contribution < 1.29 is 4.74 Å². The van der Waals surface area contributed by atoms with Gasteiger partial charge in [-0.25, -0.2) is 0 Å². The SMILES string of the molecule is COc1cc(N)c(Br)cc1C1CCCC1. The topological polar surface area (TPSA) is 35.2 Å². The predicted molar refractivity (Wildman–Crippen MR) is 66.3 cm³/mol. The van der Waals surface area contributed by atoms with E-state index in [4.69, 9.17) is 10.5 Å². The van der Waals surface area contributed by atoms with E-state index in [0.717, 1.165) is 15.9 Å². The molecular weight excluding hydrogens is 254 g/mol. The Kier molecular flexibility index (Phi) is 3.19. The van der Waals surface area contributed by atoms with Crippen molar-refractivity contribution >= 4 is 21.6 Å². The molecule has 0 aromatic heterocycles. The van der Waals surface area contributed by atoms with Gasteiger partial charge in [0, 0.05) is 16.2 Å². The number of anilines is 1. The number of methoxy groups -OCH3 is 1. The molecule has 0 spiro atoms. The smallest absolute Gasteiger partial charge is 0.124 e. The lowest BCUT2D eigenvalue weighted by atomic mass is 9.96. The summed E-state index contributed by atoms with van der Waals surface area (Å²) < 4.78 is 6.37. The molecule has 0 amide bonds. The highest BCUT2D eigenvalue weighted by Crippen LogP contribution is 2.41. The quantitative estimate of drug-likeness (QED) is 0.832. The first-order chi connectivity index (χ1) is 7.22. The third-order valence-electron chi connectivity index (χ3n) is 3.14. The lowest BCUT2D eigenvalue weighted by Crippen LogP contribution is -1.99. The van der Waals surface area contributed by atoms with Crippen molar-refractivity contribution in [3.8, 4) is 5.75 Å². The number of halogens is 1. The van der Waals surface area contributed by atoms with Crippen LogP contribution in [0.4, 0.5) is 5.69 Å². The molecule has 3 heteroatoms. The molecule has 0 bridgehead atoms. The number of hydrogen-bond donors (Lipinski definition) is 1. The number of benzene rings is 1. The van der Waals surface area contributed by atoms with Gasteiger partial charge in [-0.2, -0.15) is 0 Å². The van der Waals surface area contributed by atoms with Crippen LogP contribution in [-0.4, -0.2) is 7.11 Å². The minimum atomic E-state index is 0.650. The van der Waals surface area contributed by atoms with Gasteiger partial charge in [0.25, 0.3) is 0 Å². The molecule has 0 radical (unpaired) electrons. The summed E-state index contributed by atoms with van der Waals surface area (Å²) >= 11 is 3.48. The van der Waals surface area contributed by atoms with Gasteiger partial charge in [0.05, 0.1) is 7.11 Å². The third-order valence-corrected chi connectivity index (χ3v) is 3.83. The summed E-state index contributed by atoms with van der Waals surface area (Å²) in [5.41, 5.74) is 7.88. The number of nitrogens with two attached hydrogens (primary N) is 1. The molecule has 1 saturated carbocycles. The Morgan fingerprint density at radius 3 is 2.60 bits per heavy atom. The first-order valence-corrected chi connectivity index (χ1v) is 6.14. The summed E-state index contributed by atoms with van der Waals surface area (Å²) in [5.74, 6) is 1.58. The van der Waals surface area contributed by atoms with Gasteiger partial charge in [-0.1, -0.05) is 12.8 Å². The van der Waals surface area contributed by atoms with Crippen LogP contribution in [0.2, 0.25) is 0 Å². The maximum Gasteiger partial charge on any atom is 0.124 e. The third kappa shape index (κ3) is 2.12. The van der Waals surface area contributed by atoms with E-state index in [2.05, 4.69) is 22.0 Å². The Labute approximate surface area is 98.9 Å². The Balaban J connectivity index is 2.39. The Morgan fingerprint density at radius 2 is 2.00 bits per heavy atom. The van der Waals surface area contributed by atoms with Crippen molar-refractivity contribution in [2.45, 2.75) is 31.6 Å². The molecule has 0 atom stereocenters. The van der Waals surface area contributed by atoms with Gasteiger partial charge < -0.3 is 10.5 Å². The Hall–Kier alpha value is -0.700. The second-order valence-corrected chi connectivity index (χ2v) is 4.95. The molecule has 15 heavy (non-hydrogen) atoms. The number of ether oxygens (including phenoxy) is 1. The summed E-state index contributed by atoms with van der Waals surface area (Å²) in [4.78, 5) is 0. The van der Waals surface area contributed by atoms with E-state index in [9.17, 15) is 0 Å². The number of hydrogen-bond acceptors (Lipinski definition) is 2. The average molecular weight is 270 g/mol. The maximum absolute atomic E-state index is 5.84. The van der Waals surface area contributed by atoms with Crippen molar-refractivity contribution in [3.05, 3.63) is 22.2 Å². The number of nitrogen functional groups attached to an aromatic ring is 1. The molecule has 2 nitrogen and oxygen atoms in total. The first kappa shape index (κ1) is 10.8. The van der Waals surface area contributed by atoms with Crippen molar-refractivity contribution in [1.29, 1.82) is 0 Å². The number of rotatable bonds is 2. The molecule has 0 aliphatic heterocycles. The van der Waals surface area contributed by atoms with Crippen LogP contribution in [0, 0.1) is 0 Å². The van der Waals surface area contributed by atoms with Crippen molar-refractivity contribution in [3.63, 3.8) is 0 Å². The van der Waals surface area contributed by atoms with Crippen LogP contribution in [-0.2, 0) is 0 Å². The monoisotopic (exact) mass is 269 g/mol. The molecule has 0 heterocycles. The van der Waals surface area contributed by atoms with Gasteiger partial charge >= 0.3 is 0 Å². The highest BCUT2D eigenvalue weighted by atomic mass is 79.9. The summed E-state index contributed by atoms with van der Waals surface area (Å²) in [6.07, 6.45) is 5.20. The summed E-state index contributed by atoms with van der Waals surface area (Å²) in [7, 11) is 1.71. The molecule has 1 aliphatic rings. The summed E-state index contributed by atoms with van der Waals surface area (Å²) in [6, 6.07) is 4.03. The summed E-state index contributed by atoms with van der Waals surface area (Å²) in [6.45, 7) is 0. The van der Waals surface area contributed by atoms with Crippen LogP contribution >= 0.6 is 15.9 Å². The van der Waals surface area contributed by atoms with Crippen LogP contribution in [0.1, 0.15) is 37.2 Å². The van der Waals surface area contributed by atoms with Crippen molar-refractivity contribution in [2.24, 2.45) is 0 Å². The average Bonchev–Trinajstić information content (AvgIpc) is 2.74. The second-order valence-electron chi connectivity index (χ2n) is 4.10.